The summed E-state index contributed by atoms with van der Waals surface area (Å²) in [6.07, 6.45) is 0.0713. The van der Waals surface area contributed by atoms with Gasteiger partial charge < -0.3 is 14.8 Å². The Hall–Kier alpha value is -2.45. The monoisotopic (exact) mass is 396 g/mol. The van der Waals surface area contributed by atoms with E-state index < -0.39 is 22.0 Å². The fourth-order valence-corrected chi connectivity index (χ4v) is 3.64. The summed E-state index contributed by atoms with van der Waals surface area (Å²) in [6, 6.07) is 11.4. The molecule has 0 saturated heterocycles. The lowest BCUT2D eigenvalue weighted by Crippen LogP contribution is -2.48. The van der Waals surface area contributed by atoms with Gasteiger partial charge in [0, 0.05) is 10.7 Å². The van der Waals surface area contributed by atoms with Crippen LogP contribution in [0.25, 0.3) is 0 Å². The Bertz CT molecular complexity index is 931. The average Bonchev–Trinajstić information content (AvgIpc) is 2.60. The second-order valence-corrected chi connectivity index (χ2v) is 8.07. The molecule has 1 unspecified atom stereocenters. The number of sulfonamides is 1. The van der Waals surface area contributed by atoms with Crippen molar-refractivity contribution in [1.82, 2.24) is 0 Å². The Morgan fingerprint density at radius 3 is 2.58 bits per heavy atom. The van der Waals surface area contributed by atoms with Crippen LogP contribution in [0.2, 0.25) is 5.02 Å². The van der Waals surface area contributed by atoms with Gasteiger partial charge in [0.2, 0.25) is 10.0 Å². The van der Waals surface area contributed by atoms with Crippen LogP contribution in [0.5, 0.6) is 11.5 Å². The summed E-state index contributed by atoms with van der Waals surface area (Å²) in [7, 11) is -2.06. The minimum Gasteiger partial charge on any atom is -0.497 e. The molecule has 0 bridgehead atoms. The van der Waals surface area contributed by atoms with Gasteiger partial charge in [0.15, 0.2) is 6.10 Å². The lowest BCUT2D eigenvalue weighted by atomic mass is 10.2. The first-order valence-corrected chi connectivity index (χ1v) is 9.89. The summed E-state index contributed by atoms with van der Waals surface area (Å²) in [4.78, 5) is 12.6. The number of ether oxygens (including phenoxy) is 2. The van der Waals surface area contributed by atoms with Crippen molar-refractivity contribution in [3.8, 4) is 11.5 Å². The van der Waals surface area contributed by atoms with E-state index in [2.05, 4.69) is 5.32 Å². The first kappa shape index (κ1) is 18.3. The molecule has 0 fully saturated rings. The summed E-state index contributed by atoms with van der Waals surface area (Å²) >= 11 is 5.96. The molecule has 1 aliphatic rings. The zero-order chi connectivity index (χ0) is 18.9. The zero-order valence-electron chi connectivity index (χ0n) is 14.1. The van der Waals surface area contributed by atoms with E-state index in [1.807, 2.05) is 0 Å². The van der Waals surface area contributed by atoms with E-state index in [0.717, 1.165) is 10.6 Å². The third-order valence-electron chi connectivity index (χ3n) is 3.84. The molecule has 0 spiro atoms. The normalized spacial score (nSPS) is 16.4. The fraction of sp³-hybridized carbons (Fsp3) is 0.235. The minimum absolute atomic E-state index is 0.145. The van der Waals surface area contributed by atoms with Gasteiger partial charge in [-0.05, 0) is 42.5 Å². The quantitative estimate of drug-likeness (QED) is 0.858. The number of hydrogen-bond donors (Lipinski definition) is 1. The number of fused-ring (bicyclic) bond motifs is 1. The van der Waals surface area contributed by atoms with Gasteiger partial charge in [-0.1, -0.05) is 11.6 Å². The first-order chi connectivity index (χ1) is 12.3. The van der Waals surface area contributed by atoms with Crippen LogP contribution in [-0.4, -0.2) is 40.3 Å². The van der Waals surface area contributed by atoms with Crippen LogP contribution in [0, 0.1) is 0 Å². The first-order valence-electron chi connectivity index (χ1n) is 7.67. The molecule has 3 rings (SSSR count). The van der Waals surface area contributed by atoms with Gasteiger partial charge in [0.05, 0.1) is 25.6 Å². The van der Waals surface area contributed by atoms with Crippen molar-refractivity contribution in [3.05, 3.63) is 47.5 Å². The molecular formula is C17H17ClN2O5S. The smallest absolute Gasteiger partial charge is 0.267 e. The Balaban J connectivity index is 1.84. The van der Waals surface area contributed by atoms with E-state index >= 15 is 0 Å². The number of carbonyl (C=O) groups is 1. The minimum atomic E-state index is -3.61. The molecule has 1 amide bonds. The maximum atomic E-state index is 12.6. The highest BCUT2D eigenvalue weighted by Crippen LogP contribution is 2.37. The van der Waals surface area contributed by atoms with Crippen LogP contribution in [-0.2, 0) is 14.8 Å². The van der Waals surface area contributed by atoms with Crippen molar-refractivity contribution in [2.24, 2.45) is 0 Å². The number of amides is 1. The Labute approximate surface area is 156 Å². The highest BCUT2D eigenvalue weighted by atomic mass is 35.5. The van der Waals surface area contributed by atoms with Crippen LogP contribution in [0.4, 0.5) is 11.4 Å². The van der Waals surface area contributed by atoms with E-state index in [4.69, 9.17) is 21.1 Å². The molecule has 0 aliphatic carbocycles. The summed E-state index contributed by atoms with van der Waals surface area (Å²) in [5.74, 6) is 0.483. The summed E-state index contributed by atoms with van der Waals surface area (Å²) in [5.41, 5.74) is 0.862. The Kier molecular flexibility index (Phi) is 4.97. The molecular weight excluding hydrogens is 380 g/mol. The predicted molar refractivity (Wildman–Crippen MR) is 99.7 cm³/mol. The predicted octanol–water partition coefficient (Wildman–Crippen LogP) is 2.51. The number of halogens is 1. The number of carbonyl (C=O) groups excluding carboxylic acids is 1. The molecule has 0 saturated carbocycles. The average molecular weight is 397 g/mol. The van der Waals surface area contributed by atoms with Crippen molar-refractivity contribution in [1.29, 1.82) is 0 Å². The third-order valence-corrected chi connectivity index (χ3v) is 5.22. The van der Waals surface area contributed by atoms with Crippen molar-refractivity contribution in [2.45, 2.75) is 6.10 Å². The number of nitrogens with zero attached hydrogens (tertiary/aromatic N) is 1. The largest absolute Gasteiger partial charge is 0.497 e. The number of rotatable bonds is 4. The number of anilines is 2. The van der Waals surface area contributed by atoms with Crippen molar-refractivity contribution >= 4 is 38.9 Å². The van der Waals surface area contributed by atoms with Gasteiger partial charge in [-0.2, -0.15) is 0 Å². The van der Waals surface area contributed by atoms with E-state index in [-0.39, 0.29) is 12.3 Å². The van der Waals surface area contributed by atoms with Crippen LogP contribution in [0.3, 0.4) is 0 Å². The molecule has 9 heteroatoms. The molecule has 1 heterocycles. The van der Waals surface area contributed by atoms with Gasteiger partial charge in [-0.25, -0.2) is 8.42 Å². The summed E-state index contributed by atoms with van der Waals surface area (Å²) in [5, 5.41) is 3.09. The molecule has 0 radical (unpaired) electrons. The number of methoxy groups -OCH3 is 1. The lowest BCUT2D eigenvalue weighted by molar-refractivity contribution is -0.122. The molecule has 138 valence electrons. The topological polar surface area (TPSA) is 84.9 Å². The zero-order valence-corrected chi connectivity index (χ0v) is 15.7. The van der Waals surface area contributed by atoms with Gasteiger partial charge in [0.25, 0.3) is 5.91 Å². The Morgan fingerprint density at radius 1 is 1.27 bits per heavy atom. The third kappa shape index (κ3) is 3.86. The standard InChI is InChI=1S/C17H17ClN2O5S/c1-24-13-6-4-12(5-7-13)19-17(21)16-10-20(26(2,22)23)14-9-11(18)3-8-15(14)25-16/h3-9,16H,10H2,1-2H3,(H,19,21). The van der Waals surface area contributed by atoms with Crippen molar-refractivity contribution < 1.29 is 22.7 Å². The second-order valence-electron chi connectivity index (χ2n) is 5.73. The highest BCUT2D eigenvalue weighted by Gasteiger charge is 2.35. The summed E-state index contributed by atoms with van der Waals surface area (Å²) < 4.78 is 36.2. The van der Waals surface area contributed by atoms with E-state index in [9.17, 15) is 13.2 Å². The van der Waals surface area contributed by atoms with E-state index in [0.29, 0.717) is 22.1 Å². The number of hydrogen-bond acceptors (Lipinski definition) is 5. The SMILES string of the molecule is COc1ccc(NC(=O)C2CN(S(C)(=O)=O)c3cc(Cl)ccc3O2)cc1. The molecule has 1 atom stereocenters. The molecule has 26 heavy (non-hydrogen) atoms. The fourth-order valence-electron chi connectivity index (χ4n) is 2.57. The second kappa shape index (κ2) is 7.05. The molecule has 1 N–H and O–H groups in total. The highest BCUT2D eigenvalue weighted by molar-refractivity contribution is 7.92. The molecule has 2 aromatic rings. The summed E-state index contributed by atoms with van der Waals surface area (Å²) in [6.45, 7) is -0.145. The van der Waals surface area contributed by atoms with Gasteiger partial charge in [-0.15, -0.1) is 0 Å². The van der Waals surface area contributed by atoms with Crippen LogP contribution in [0.1, 0.15) is 0 Å². The van der Waals surface area contributed by atoms with Gasteiger partial charge in [0.1, 0.15) is 11.5 Å². The molecule has 2 aromatic carbocycles. The van der Waals surface area contributed by atoms with Crippen LogP contribution in [0.15, 0.2) is 42.5 Å². The van der Waals surface area contributed by atoms with Crippen molar-refractivity contribution in [2.75, 3.05) is 29.5 Å². The number of nitrogens with one attached hydrogen (secondary N) is 1. The van der Waals surface area contributed by atoms with E-state index in [1.54, 1.807) is 43.5 Å². The lowest BCUT2D eigenvalue weighted by Gasteiger charge is -2.34. The molecule has 1 aliphatic heterocycles. The van der Waals surface area contributed by atoms with Crippen LogP contribution < -0.4 is 19.1 Å². The van der Waals surface area contributed by atoms with E-state index in [1.165, 1.54) is 6.07 Å². The maximum absolute atomic E-state index is 12.6. The Morgan fingerprint density at radius 2 is 1.96 bits per heavy atom. The van der Waals surface area contributed by atoms with Gasteiger partial charge in [-0.3, -0.25) is 9.10 Å². The maximum Gasteiger partial charge on any atom is 0.267 e. The van der Waals surface area contributed by atoms with Gasteiger partial charge >= 0.3 is 0 Å². The molecule has 7 nitrogen and oxygen atoms in total. The van der Waals surface area contributed by atoms with Crippen molar-refractivity contribution in [3.63, 3.8) is 0 Å². The molecule has 0 aromatic heterocycles. The number of benzene rings is 2. The van der Waals surface area contributed by atoms with Crippen LogP contribution >= 0.6 is 11.6 Å².